The van der Waals surface area contributed by atoms with Gasteiger partial charge in [-0.05, 0) is 62.2 Å². The largest absolute Gasteiger partial charge is 0.396 e. The number of hydrogen-bond acceptors (Lipinski definition) is 3. The first-order valence-corrected chi connectivity index (χ1v) is 9.17. The molecule has 4 rings (SSSR count). The minimum atomic E-state index is -0.0882. The van der Waals surface area contributed by atoms with Crippen LogP contribution < -0.4 is 0 Å². The van der Waals surface area contributed by atoms with E-state index in [4.69, 9.17) is 0 Å². The van der Waals surface area contributed by atoms with Gasteiger partial charge in [0.15, 0.2) is 0 Å². The van der Waals surface area contributed by atoms with Gasteiger partial charge in [0.25, 0.3) is 0 Å². The first kappa shape index (κ1) is 17.4. The van der Waals surface area contributed by atoms with Crippen molar-refractivity contribution in [3.05, 3.63) is 0 Å². The normalized spacial score (nSPS) is 49.0. The maximum absolute atomic E-state index is 12.4. The van der Waals surface area contributed by atoms with Crippen LogP contribution in [0.4, 0.5) is 0 Å². The summed E-state index contributed by atoms with van der Waals surface area (Å²) in [6.45, 7) is 2.44. The van der Waals surface area contributed by atoms with Crippen LogP contribution in [0.3, 0.4) is 0 Å². The molecule has 4 aliphatic carbocycles. The van der Waals surface area contributed by atoms with Crippen molar-refractivity contribution in [2.24, 2.45) is 34.5 Å². The Morgan fingerprint density at radius 2 is 1.83 bits per heavy atom. The topological polar surface area (TPSA) is 54.4 Å². The summed E-state index contributed by atoms with van der Waals surface area (Å²) in [6.07, 6.45) is 8.36. The Morgan fingerprint density at radius 3 is 2.57 bits per heavy atom. The maximum atomic E-state index is 12.4. The van der Waals surface area contributed by atoms with Crippen molar-refractivity contribution in [3.8, 4) is 0 Å². The summed E-state index contributed by atoms with van der Waals surface area (Å²) in [5.74, 6) is 2.93. The predicted octanol–water partition coefficient (Wildman–Crippen LogP) is 3.56. The molecule has 4 aliphatic rings. The molecule has 4 heteroatoms. The third-order valence-corrected chi connectivity index (χ3v) is 8.18. The number of aliphatic hydroxyl groups is 1. The molecule has 0 bridgehead atoms. The van der Waals surface area contributed by atoms with Crippen LogP contribution in [-0.4, -0.2) is 23.3 Å². The molecular formula is C19H29ClO3. The molecule has 0 unspecified atom stereocenters. The van der Waals surface area contributed by atoms with E-state index in [0.717, 1.165) is 44.9 Å². The van der Waals surface area contributed by atoms with Crippen LogP contribution in [0.15, 0.2) is 0 Å². The highest BCUT2D eigenvalue weighted by Crippen LogP contribution is 2.65. The first-order valence-electron chi connectivity index (χ1n) is 9.17. The fourth-order valence-corrected chi connectivity index (χ4v) is 6.93. The van der Waals surface area contributed by atoms with Crippen LogP contribution in [0.2, 0.25) is 0 Å². The van der Waals surface area contributed by atoms with Crippen molar-refractivity contribution in [2.75, 3.05) is 6.61 Å². The Balaban J connectivity index is 0.00000156. The summed E-state index contributed by atoms with van der Waals surface area (Å²) >= 11 is 0. The number of hydrogen-bond donors (Lipinski definition) is 1. The Bertz CT molecular complexity index is 519. The van der Waals surface area contributed by atoms with E-state index < -0.39 is 0 Å². The van der Waals surface area contributed by atoms with Gasteiger partial charge in [-0.15, -0.1) is 12.4 Å². The minimum Gasteiger partial charge on any atom is -0.396 e. The van der Waals surface area contributed by atoms with Gasteiger partial charge in [-0.25, -0.2) is 0 Å². The second kappa shape index (κ2) is 5.84. The number of rotatable bonds is 1. The van der Waals surface area contributed by atoms with Gasteiger partial charge in [-0.2, -0.15) is 0 Å². The zero-order valence-electron chi connectivity index (χ0n) is 14.1. The summed E-state index contributed by atoms with van der Waals surface area (Å²) in [5.41, 5.74) is -0.112. The number of aliphatic hydroxyl groups excluding tert-OH is 1. The van der Waals surface area contributed by atoms with Gasteiger partial charge in [0.1, 0.15) is 11.6 Å². The van der Waals surface area contributed by atoms with Crippen LogP contribution in [0.1, 0.15) is 64.7 Å². The Morgan fingerprint density at radius 1 is 1.04 bits per heavy atom. The second-order valence-electron chi connectivity index (χ2n) is 8.70. The second-order valence-corrected chi connectivity index (χ2v) is 8.70. The van der Waals surface area contributed by atoms with Gasteiger partial charge in [0.2, 0.25) is 0 Å². The molecule has 4 fully saturated rings. The summed E-state index contributed by atoms with van der Waals surface area (Å²) in [4.78, 5) is 24.3. The molecule has 23 heavy (non-hydrogen) atoms. The lowest BCUT2D eigenvalue weighted by molar-refractivity contribution is -0.154. The molecule has 0 aromatic heterocycles. The molecule has 130 valence electrons. The van der Waals surface area contributed by atoms with Crippen molar-refractivity contribution in [1.82, 2.24) is 0 Å². The Kier molecular flexibility index (Phi) is 4.42. The summed E-state index contributed by atoms with van der Waals surface area (Å²) in [7, 11) is 0. The number of carbonyl (C=O) groups excluding carboxylic acids is 2. The highest BCUT2D eigenvalue weighted by molar-refractivity contribution is 5.87. The van der Waals surface area contributed by atoms with E-state index in [1.807, 2.05) is 0 Å². The number of halogens is 1. The van der Waals surface area contributed by atoms with Gasteiger partial charge in [-0.3, -0.25) is 9.59 Å². The minimum absolute atomic E-state index is 0. The molecule has 3 nitrogen and oxygen atoms in total. The average Bonchev–Trinajstić information content (AvgIpc) is 2.82. The molecule has 0 radical (unpaired) electrons. The molecule has 0 aromatic rings. The first-order chi connectivity index (χ1) is 10.5. The molecule has 1 N–H and O–H groups in total. The zero-order chi connectivity index (χ0) is 15.5. The van der Waals surface area contributed by atoms with E-state index >= 15 is 0 Å². The van der Waals surface area contributed by atoms with E-state index in [9.17, 15) is 14.7 Å². The van der Waals surface area contributed by atoms with E-state index in [1.165, 1.54) is 0 Å². The average molecular weight is 341 g/mol. The molecule has 0 saturated heterocycles. The van der Waals surface area contributed by atoms with Gasteiger partial charge < -0.3 is 5.11 Å². The monoisotopic (exact) mass is 340 g/mol. The summed E-state index contributed by atoms with van der Waals surface area (Å²) in [6, 6.07) is 0. The molecule has 0 heterocycles. The third kappa shape index (κ3) is 2.26. The van der Waals surface area contributed by atoms with Crippen LogP contribution in [-0.2, 0) is 9.59 Å². The zero-order valence-corrected chi connectivity index (χ0v) is 14.9. The van der Waals surface area contributed by atoms with E-state index in [1.54, 1.807) is 0 Å². The summed E-state index contributed by atoms with van der Waals surface area (Å²) in [5, 5.41) is 10.3. The van der Waals surface area contributed by atoms with Crippen LogP contribution >= 0.6 is 12.4 Å². The molecular weight excluding hydrogens is 312 g/mol. The van der Waals surface area contributed by atoms with E-state index in [2.05, 4.69) is 6.92 Å². The lowest BCUT2D eigenvalue weighted by Gasteiger charge is -2.59. The predicted molar refractivity (Wildman–Crippen MR) is 90.4 cm³/mol. The number of fused-ring (bicyclic) bond motifs is 5. The van der Waals surface area contributed by atoms with Gasteiger partial charge in [0, 0.05) is 36.7 Å². The lowest BCUT2D eigenvalue weighted by atomic mass is 9.45. The maximum Gasteiger partial charge on any atom is 0.139 e. The standard InChI is InChI=1S/C19H28O3.ClH/c1-18-8-7-16-14(15(18)4-5-17(18)22)3-2-12-10-13(21)6-9-19(12,16)11-20;/h12,14-16,20H,2-11H2,1H3;1H/t12-,14+,15+,16+,18+,19-;/m1./s1. The van der Waals surface area contributed by atoms with Crippen molar-refractivity contribution >= 4 is 24.0 Å². The highest BCUT2D eigenvalue weighted by Gasteiger charge is 2.61. The van der Waals surface area contributed by atoms with Crippen LogP contribution in [0.5, 0.6) is 0 Å². The number of carbonyl (C=O) groups is 2. The Labute approximate surface area is 145 Å². The third-order valence-electron chi connectivity index (χ3n) is 8.18. The van der Waals surface area contributed by atoms with Gasteiger partial charge >= 0.3 is 0 Å². The molecule has 4 saturated carbocycles. The van der Waals surface area contributed by atoms with Crippen molar-refractivity contribution in [1.29, 1.82) is 0 Å². The molecule has 6 atom stereocenters. The SMILES string of the molecule is C[C@]12CC[C@H]3[C@@H](CC[C@@H]4CC(=O)CC[C@@]43CO)[C@@H]1CCC2=O.Cl. The summed E-state index contributed by atoms with van der Waals surface area (Å²) < 4.78 is 0. The molecule has 0 aliphatic heterocycles. The van der Waals surface area contributed by atoms with Crippen molar-refractivity contribution in [3.63, 3.8) is 0 Å². The molecule has 0 spiro atoms. The van der Waals surface area contributed by atoms with E-state index in [-0.39, 0.29) is 29.8 Å². The molecule has 0 amide bonds. The van der Waals surface area contributed by atoms with E-state index in [0.29, 0.717) is 48.1 Å². The van der Waals surface area contributed by atoms with Gasteiger partial charge in [0.05, 0.1) is 0 Å². The van der Waals surface area contributed by atoms with Crippen molar-refractivity contribution in [2.45, 2.75) is 64.7 Å². The fraction of sp³-hybridized carbons (Fsp3) is 0.895. The Hall–Kier alpha value is -0.410. The lowest BCUT2D eigenvalue weighted by Crippen LogP contribution is -2.56. The van der Waals surface area contributed by atoms with Gasteiger partial charge in [-0.1, -0.05) is 6.92 Å². The van der Waals surface area contributed by atoms with Crippen LogP contribution in [0.25, 0.3) is 0 Å². The number of Topliss-reactive ketones (excluding diaryl/α,β-unsaturated/α-hetero) is 2. The van der Waals surface area contributed by atoms with Crippen molar-refractivity contribution < 1.29 is 14.7 Å². The quantitative estimate of drug-likeness (QED) is 0.794. The number of ketones is 2. The highest BCUT2D eigenvalue weighted by atomic mass is 35.5. The molecule has 0 aromatic carbocycles. The van der Waals surface area contributed by atoms with Crippen LogP contribution in [0, 0.1) is 34.5 Å². The fourth-order valence-electron chi connectivity index (χ4n) is 6.93. The smallest absolute Gasteiger partial charge is 0.139 e.